The lowest BCUT2D eigenvalue weighted by Crippen LogP contribution is -2.39. The molecule has 1 rings (SSSR count). The summed E-state index contributed by atoms with van der Waals surface area (Å²) in [4.78, 5) is 26.1. The molecule has 0 fully saturated rings. The Hall–Kier alpha value is -1.98. The average molecular weight is 239 g/mol. The molecule has 6 heteroatoms. The van der Waals surface area contributed by atoms with Crippen LogP contribution in [0.15, 0.2) is 18.3 Å². The first kappa shape index (κ1) is 13.1. The summed E-state index contributed by atoms with van der Waals surface area (Å²) in [6.07, 6.45) is 1.12. The van der Waals surface area contributed by atoms with E-state index in [2.05, 4.69) is 15.6 Å². The van der Waals surface area contributed by atoms with Crippen LogP contribution in [0.2, 0.25) is 0 Å². The van der Waals surface area contributed by atoms with Crippen LogP contribution in [0.4, 0.5) is 4.39 Å². The molecular formula is C11H14FN3O2. The van der Waals surface area contributed by atoms with Crippen LogP contribution in [-0.2, 0) is 4.79 Å². The Kier molecular flexibility index (Phi) is 4.56. The molecule has 0 bridgehead atoms. The summed E-state index contributed by atoms with van der Waals surface area (Å²) in [5.74, 6) is -1.39. The van der Waals surface area contributed by atoms with E-state index < -0.39 is 11.9 Å². The highest BCUT2D eigenvalue weighted by atomic mass is 19.1. The van der Waals surface area contributed by atoms with Crippen LogP contribution in [-0.4, -0.2) is 29.4 Å². The van der Waals surface area contributed by atoms with E-state index in [1.165, 1.54) is 6.07 Å². The maximum absolute atomic E-state index is 12.5. The van der Waals surface area contributed by atoms with Crippen molar-refractivity contribution in [1.82, 2.24) is 15.6 Å². The average Bonchev–Trinajstić information content (AvgIpc) is 2.26. The number of halogens is 1. The second-order valence-corrected chi connectivity index (χ2v) is 3.77. The summed E-state index contributed by atoms with van der Waals surface area (Å²) in [6.45, 7) is 3.53. The largest absolute Gasteiger partial charge is 0.352 e. The Balaban J connectivity index is 2.45. The number of nitrogens with one attached hydrogen (secondary N) is 2. The van der Waals surface area contributed by atoms with Crippen molar-refractivity contribution in [2.75, 3.05) is 6.54 Å². The lowest BCUT2D eigenvalue weighted by Gasteiger charge is -2.09. The minimum Gasteiger partial charge on any atom is -0.352 e. The molecule has 0 saturated carbocycles. The molecule has 0 aromatic carbocycles. The van der Waals surface area contributed by atoms with Gasteiger partial charge in [0.15, 0.2) is 0 Å². The van der Waals surface area contributed by atoms with Gasteiger partial charge in [0.25, 0.3) is 5.91 Å². The van der Waals surface area contributed by atoms with E-state index in [0.29, 0.717) is 0 Å². The molecule has 1 aromatic rings. The number of aromatic nitrogens is 1. The number of pyridine rings is 1. The molecule has 0 aliphatic carbocycles. The Morgan fingerprint density at radius 1 is 1.41 bits per heavy atom. The van der Waals surface area contributed by atoms with E-state index >= 15 is 0 Å². The molecule has 0 aliphatic heterocycles. The molecule has 0 saturated heterocycles. The van der Waals surface area contributed by atoms with Crippen molar-refractivity contribution in [1.29, 1.82) is 0 Å². The summed E-state index contributed by atoms with van der Waals surface area (Å²) < 4.78 is 12.5. The van der Waals surface area contributed by atoms with Gasteiger partial charge >= 0.3 is 0 Å². The minimum atomic E-state index is -0.654. The standard InChI is InChI=1S/C11H14FN3O2/c1-7(2)15-10(16)6-14-11(17)8-3-4-9(12)13-5-8/h3-5,7H,6H2,1-2H3,(H,14,17)(H,15,16). The van der Waals surface area contributed by atoms with Crippen molar-refractivity contribution >= 4 is 11.8 Å². The van der Waals surface area contributed by atoms with E-state index in [4.69, 9.17) is 0 Å². The SMILES string of the molecule is CC(C)NC(=O)CNC(=O)c1ccc(F)nc1. The highest BCUT2D eigenvalue weighted by Gasteiger charge is 2.08. The first-order valence-corrected chi connectivity index (χ1v) is 5.18. The van der Waals surface area contributed by atoms with E-state index in [1.54, 1.807) is 0 Å². The number of amides is 2. The number of nitrogens with zero attached hydrogens (tertiary/aromatic N) is 1. The zero-order chi connectivity index (χ0) is 12.8. The van der Waals surface area contributed by atoms with Crippen molar-refractivity contribution in [2.45, 2.75) is 19.9 Å². The van der Waals surface area contributed by atoms with Gasteiger partial charge in [-0.05, 0) is 26.0 Å². The highest BCUT2D eigenvalue weighted by molar-refractivity contribution is 5.96. The first-order chi connectivity index (χ1) is 7.99. The number of carbonyl (C=O) groups is 2. The van der Waals surface area contributed by atoms with Crippen LogP contribution < -0.4 is 10.6 Å². The Morgan fingerprint density at radius 3 is 2.65 bits per heavy atom. The highest BCUT2D eigenvalue weighted by Crippen LogP contribution is 1.98. The molecule has 5 nitrogen and oxygen atoms in total. The fraction of sp³-hybridized carbons (Fsp3) is 0.364. The van der Waals surface area contributed by atoms with Gasteiger partial charge in [0.05, 0.1) is 12.1 Å². The van der Waals surface area contributed by atoms with E-state index in [0.717, 1.165) is 12.3 Å². The van der Waals surface area contributed by atoms with Gasteiger partial charge in [0, 0.05) is 12.2 Å². The second-order valence-electron chi connectivity index (χ2n) is 3.77. The van der Waals surface area contributed by atoms with E-state index in [9.17, 15) is 14.0 Å². The van der Waals surface area contributed by atoms with Gasteiger partial charge in [-0.1, -0.05) is 0 Å². The zero-order valence-electron chi connectivity index (χ0n) is 9.66. The summed E-state index contributed by atoms with van der Waals surface area (Å²) in [5.41, 5.74) is 0.212. The topological polar surface area (TPSA) is 71.1 Å². The maximum atomic E-state index is 12.5. The van der Waals surface area contributed by atoms with E-state index in [-0.39, 0.29) is 24.1 Å². The number of carbonyl (C=O) groups excluding carboxylic acids is 2. The molecule has 17 heavy (non-hydrogen) atoms. The van der Waals surface area contributed by atoms with Crippen molar-refractivity contribution in [3.05, 3.63) is 29.8 Å². The van der Waals surface area contributed by atoms with Crippen LogP contribution in [0.25, 0.3) is 0 Å². The molecule has 0 radical (unpaired) electrons. The van der Waals surface area contributed by atoms with Gasteiger partial charge in [0.1, 0.15) is 0 Å². The molecule has 0 unspecified atom stereocenters. The second kappa shape index (κ2) is 5.93. The van der Waals surface area contributed by atoms with Gasteiger partial charge in [0.2, 0.25) is 11.9 Å². The molecule has 92 valence electrons. The molecule has 2 N–H and O–H groups in total. The van der Waals surface area contributed by atoms with E-state index in [1.807, 2.05) is 13.8 Å². The first-order valence-electron chi connectivity index (χ1n) is 5.18. The third-order valence-electron chi connectivity index (χ3n) is 1.85. The monoisotopic (exact) mass is 239 g/mol. The smallest absolute Gasteiger partial charge is 0.253 e. The third kappa shape index (κ3) is 4.58. The predicted octanol–water partition coefficient (Wildman–Crippen LogP) is 0.475. The molecule has 1 heterocycles. The summed E-state index contributed by atoms with van der Waals surface area (Å²) in [6, 6.07) is 2.41. The molecule has 2 amide bonds. The Labute approximate surface area is 98.4 Å². The van der Waals surface area contributed by atoms with Crippen molar-refractivity contribution in [2.24, 2.45) is 0 Å². The summed E-state index contributed by atoms with van der Waals surface area (Å²) in [7, 11) is 0. The van der Waals surface area contributed by atoms with Gasteiger partial charge in [-0.3, -0.25) is 9.59 Å². The summed E-state index contributed by atoms with van der Waals surface area (Å²) >= 11 is 0. The lowest BCUT2D eigenvalue weighted by molar-refractivity contribution is -0.120. The fourth-order valence-corrected chi connectivity index (χ4v) is 1.15. The minimum absolute atomic E-state index is 0.0203. The lowest BCUT2D eigenvalue weighted by atomic mass is 10.2. The van der Waals surface area contributed by atoms with Gasteiger partial charge in [-0.15, -0.1) is 0 Å². The molecule has 0 aliphatic rings. The van der Waals surface area contributed by atoms with Crippen molar-refractivity contribution in [3.8, 4) is 0 Å². The van der Waals surface area contributed by atoms with Crippen molar-refractivity contribution < 1.29 is 14.0 Å². The Bertz CT molecular complexity index is 404. The van der Waals surface area contributed by atoms with Crippen LogP contribution in [0, 0.1) is 5.95 Å². The maximum Gasteiger partial charge on any atom is 0.253 e. The van der Waals surface area contributed by atoms with Crippen LogP contribution >= 0.6 is 0 Å². The van der Waals surface area contributed by atoms with Crippen molar-refractivity contribution in [3.63, 3.8) is 0 Å². The number of hydrogen-bond donors (Lipinski definition) is 2. The fourth-order valence-electron chi connectivity index (χ4n) is 1.15. The number of hydrogen-bond acceptors (Lipinski definition) is 3. The summed E-state index contributed by atoms with van der Waals surface area (Å²) in [5, 5.41) is 5.04. The molecule has 0 spiro atoms. The molecule has 0 atom stereocenters. The Morgan fingerprint density at radius 2 is 2.12 bits per heavy atom. The van der Waals surface area contributed by atoms with Crippen LogP contribution in [0.3, 0.4) is 0 Å². The van der Waals surface area contributed by atoms with Crippen LogP contribution in [0.5, 0.6) is 0 Å². The zero-order valence-corrected chi connectivity index (χ0v) is 9.66. The van der Waals surface area contributed by atoms with Gasteiger partial charge < -0.3 is 10.6 Å². The van der Waals surface area contributed by atoms with Crippen LogP contribution in [0.1, 0.15) is 24.2 Å². The number of rotatable bonds is 4. The molecular weight excluding hydrogens is 225 g/mol. The predicted molar refractivity (Wildman–Crippen MR) is 59.8 cm³/mol. The third-order valence-corrected chi connectivity index (χ3v) is 1.85. The van der Waals surface area contributed by atoms with Gasteiger partial charge in [-0.2, -0.15) is 4.39 Å². The quantitative estimate of drug-likeness (QED) is 0.750. The molecule has 1 aromatic heterocycles. The normalized spacial score (nSPS) is 10.1. The van der Waals surface area contributed by atoms with Gasteiger partial charge in [-0.25, -0.2) is 4.98 Å².